The molecule has 1 aliphatic rings. The summed E-state index contributed by atoms with van der Waals surface area (Å²) in [7, 11) is 1.72. The normalized spacial score (nSPS) is 22.0. The molecule has 0 spiro atoms. The number of halogens is 1. The zero-order valence-corrected chi connectivity index (χ0v) is 8.34. The van der Waals surface area contributed by atoms with Crippen molar-refractivity contribution >= 4 is 6.21 Å². The highest BCUT2D eigenvalue weighted by Gasteiger charge is 2.21. The van der Waals surface area contributed by atoms with Gasteiger partial charge >= 0.3 is 0 Å². The van der Waals surface area contributed by atoms with Gasteiger partial charge in [-0.25, -0.2) is 8.97 Å². The Kier molecular flexibility index (Phi) is 4.98. The van der Waals surface area contributed by atoms with Crippen molar-refractivity contribution in [1.82, 2.24) is 0 Å². The lowest BCUT2D eigenvalue weighted by Crippen LogP contribution is -2.14. The van der Waals surface area contributed by atoms with E-state index in [1.165, 1.54) is 6.42 Å². The molecule has 0 aromatic heterocycles. The van der Waals surface area contributed by atoms with E-state index in [0.717, 1.165) is 26.0 Å². The second-order valence-electron chi connectivity index (χ2n) is 3.56. The van der Waals surface area contributed by atoms with Crippen molar-refractivity contribution in [2.75, 3.05) is 26.8 Å². The zero-order valence-electron chi connectivity index (χ0n) is 8.34. The van der Waals surface area contributed by atoms with E-state index >= 15 is 0 Å². The quantitative estimate of drug-likeness (QED) is 0.456. The van der Waals surface area contributed by atoms with E-state index in [0.29, 0.717) is 13.0 Å². The number of nitrogens with zero attached hydrogens (tertiary/aromatic N) is 1. The van der Waals surface area contributed by atoms with Crippen LogP contribution in [0.1, 0.15) is 25.7 Å². The van der Waals surface area contributed by atoms with E-state index in [-0.39, 0.29) is 0 Å². The Morgan fingerprint density at radius 3 is 2.92 bits per heavy atom. The standard InChI is InChI=1S/C10H19FNO/c1-13-8-4-2-3-6-12-7-5-10(11)9-12/h7,10H,2-6,8-9H2,1H3/q+1. The minimum Gasteiger partial charge on any atom is -0.385 e. The van der Waals surface area contributed by atoms with E-state index < -0.39 is 6.17 Å². The maximum atomic E-state index is 12.7. The van der Waals surface area contributed by atoms with Gasteiger partial charge in [-0.15, -0.1) is 0 Å². The van der Waals surface area contributed by atoms with E-state index in [1.807, 2.05) is 6.21 Å². The fraction of sp³-hybridized carbons (Fsp3) is 0.900. The van der Waals surface area contributed by atoms with Gasteiger partial charge in [0, 0.05) is 20.1 Å². The largest absolute Gasteiger partial charge is 0.385 e. The lowest BCUT2D eigenvalue weighted by atomic mass is 10.2. The molecule has 1 atom stereocenters. The summed E-state index contributed by atoms with van der Waals surface area (Å²) in [6, 6.07) is 0. The van der Waals surface area contributed by atoms with E-state index in [4.69, 9.17) is 4.74 Å². The summed E-state index contributed by atoms with van der Waals surface area (Å²) in [6.07, 6.45) is 5.41. The maximum Gasteiger partial charge on any atom is 0.174 e. The van der Waals surface area contributed by atoms with Gasteiger partial charge in [-0.2, -0.15) is 0 Å². The fourth-order valence-electron chi connectivity index (χ4n) is 1.59. The number of ether oxygens (including phenoxy) is 1. The molecule has 0 fully saturated rings. The van der Waals surface area contributed by atoms with Crippen LogP contribution < -0.4 is 0 Å². The zero-order chi connectivity index (χ0) is 9.52. The molecule has 0 bridgehead atoms. The number of hydrogen-bond acceptors (Lipinski definition) is 1. The van der Waals surface area contributed by atoms with Gasteiger partial charge in [0.05, 0.1) is 6.42 Å². The molecule has 1 rings (SSSR count). The summed E-state index contributed by atoms with van der Waals surface area (Å²) >= 11 is 0. The van der Waals surface area contributed by atoms with Gasteiger partial charge in [0.25, 0.3) is 0 Å². The SMILES string of the molecule is COCCCCC[N+]1=CCC(F)C1. The van der Waals surface area contributed by atoms with Gasteiger partial charge in [0.2, 0.25) is 0 Å². The monoisotopic (exact) mass is 188 g/mol. The highest BCUT2D eigenvalue weighted by atomic mass is 19.1. The van der Waals surface area contributed by atoms with Crippen molar-refractivity contribution in [3.05, 3.63) is 0 Å². The molecule has 76 valence electrons. The first-order valence-electron chi connectivity index (χ1n) is 5.03. The number of methoxy groups -OCH3 is 1. The first kappa shape index (κ1) is 10.6. The van der Waals surface area contributed by atoms with Crippen LogP contribution in [0.25, 0.3) is 0 Å². The van der Waals surface area contributed by atoms with Crippen LogP contribution in [0.4, 0.5) is 4.39 Å². The lowest BCUT2D eigenvalue weighted by Gasteiger charge is -1.99. The molecule has 0 amide bonds. The van der Waals surface area contributed by atoms with Gasteiger partial charge < -0.3 is 4.74 Å². The van der Waals surface area contributed by atoms with Crippen molar-refractivity contribution in [1.29, 1.82) is 0 Å². The van der Waals surface area contributed by atoms with E-state index in [1.54, 1.807) is 7.11 Å². The summed E-state index contributed by atoms with van der Waals surface area (Å²) in [5.41, 5.74) is 0. The predicted molar refractivity (Wildman–Crippen MR) is 51.3 cm³/mol. The smallest absolute Gasteiger partial charge is 0.174 e. The molecule has 0 N–H and O–H groups in total. The highest BCUT2D eigenvalue weighted by molar-refractivity contribution is 5.53. The van der Waals surface area contributed by atoms with Crippen LogP contribution in [0.3, 0.4) is 0 Å². The topological polar surface area (TPSA) is 12.2 Å². The van der Waals surface area contributed by atoms with Crippen LogP contribution in [0.5, 0.6) is 0 Å². The lowest BCUT2D eigenvalue weighted by molar-refractivity contribution is -0.520. The Morgan fingerprint density at radius 1 is 1.46 bits per heavy atom. The third kappa shape index (κ3) is 4.36. The van der Waals surface area contributed by atoms with E-state index in [2.05, 4.69) is 4.58 Å². The third-order valence-electron chi connectivity index (χ3n) is 2.35. The maximum absolute atomic E-state index is 12.7. The number of rotatable bonds is 6. The van der Waals surface area contributed by atoms with Gasteiger partial charge in [0.15, 0.2) is 12.7 Å². The molecule has 13 heavy (non-hydrogen) atoms. The first-order chi connectivity index (χ1) is 6.33. The average molecular weight is 188 g/mol. The Balaban J connectivity index is 1.94. The van der Waals surface area contributed by atoms with Crippen LogP contribution in [-0.4, -0.2) is 43.8 Å². The van der Waals surface area contributed by atoms with Crippen molar-refractivity contribution < 1.29 is 13.7 Å². The number of alkyl halides is 1. The Labute approximate surface area is 79.4 Å². The Morgan fingerprint density at radius 2 is 2.31 bits per heavy atom. The van der Waals surface area contributed by atoms with Crippen molar-refractivity contribution in [2.45, 2.75) is 31.9 Å². The molecule has 0 radical (unpaired) electrons. The van der Waals surface area contributed by atoms with Gasteiger partial charge in [-0.05, 0) is 12.8 Å². The van der Waals surface area contributed by atoms with Crippen molar-refractivity contribution in [2.24, 2.45) is 0 Å². The molecule has 1 aliphatic heterocycles. The molecule has 3 heteroatoms. The predicted octanol–water partition coefficient (Wildman–Crippen LogP) is 1.63. The summed E-state index contributed by atoms with van der Waals surface area (Å²) in [5, 5.41) is 0. The summed E-state index contributed by atoms with van der Waals surface area (Å²) < 4.78 is 19.8. The van der Waals surface area contributed by atoms with Crippen LogP contribution in [0, 0.1) is 0 Å². The summed E-state index contributed by atoms with van der Waals surface area (Å²) in [4.78, 5) is 0. The molecule has 1 heterocycles. The van der Waals surface area contributed by atoms with Crippen LogP contribution in [-0.2, 0) is 4.74 Å². The van der Waals surface area contributed by atoms with Crippen LogP contribution in [0.15, 0.2) is 0 Å². The molecular formula is C10H19FNO+. The van der Waals surface area contributed by atoms with Crippen LogP contribution in [0.2, 0.25) is 0 Å². The number of unbranched alkanes of at least 4 members (excludes halogenated alkanes) is 2. The molecular weight excluding hydrogens is 169 g/mol. The Bertz CT molecular complexity index is 170. The summed E-state index contributed by atoms with van der Waals surface area (Å²) in [6.45, 7) is 2.45. The molecule has 0 aromatic carbocycles. The molecule has 2 nitrogen and oxygen atoms in total. The first-order valence-corrected chi connectivity index (χ1v) is 5.03. The second-order valence-corrected chi connectivity index (χ2v) is 3.56. The average Bonchev–Trinajstić information content (AvgIpc) is 2.51. The van der Waals surface area contributed by atoms with Gasteiger partial charge in [-0.1, -0.05) is 0 Å². The number of hydrogen-bond donors (Lipinski definition) is 0. The molecule has 0 saturated carbocycles. The molecule has 0 aromatic rings. The minimum absolute atomic E-state index is 0.601. The van der Waals surface area contributed by atoms with E-state index in [9.17, 15) is 4.39 Å². The highest BCUT2D eigenvalue weighted by Crippen LogP contribution is 2.05. The molecule has 0 aliphatic carbocycles. The minimum atomic E-state index is -0.626. The molecule has 0 saturated heterocycles. The van der Waals surface area contributed by atoms with Crippen molar-refractivity contribution in [3.8, 4) is 0 Å². The van der Waals surface area contributed by atoms with Gasteiger partial charge in [0.1, 0.15) is 12.8 Å². The van der Waals surface area contributed by atoms with Crippen molar-refractivity contribution in [3.63, 3.8) is 0 Å². The van der Waals surface area contributed by atoms with Crippen LogP contribution >= 0.6 is 0 Å². The van der Waals surface area contributed by atoms with Gasteiger partial charge in [-0.3, -0.25) is 0 Å². The second kappa shape index (κ2) is 6.08. The Hall–Kier alpha value is -0.440. The summed E-state index contributed by atoms with van der Waals surface area (Å²) in [5.74, 6) is 0. The third-order valence-corrected chi connectivity index (χ3v) is 2.35. The molecule has 1 unspecified atom stereocenters. The fourth-order valence-corrected chi connectivity index (χ4v) is 1.59.